The summed E-state index contributed by atoms with van der Waals surface area (Å²) in [5.74, 6) is 1.20. The lowest BCUT2D eigenvalue weighted by molar-refractivity contribution is 0.394. The Hall–Kier alpha value is -0.850. The summed E-state index contributed by atoms with van der Waals surface area (Å²) in [7, 11) is -3.46. The minimum absolute atomic E-state index is 0.00995. The summed E-state index contributed by atoms with van der Waals surface area (Å²) in [6, 6.07) is 3.31. The molecule has 0 unspecified atom stereocenters. The van der Waals surface area contributed by atoms with Crippen LogP contribution in [0.3, 0.4) is 0 Å². The summed E-state index contributed by atoms with van der Waals surface area (Å²) in [6.07, 6.45) is 1.84. The van der Waals surface area contributed by atoms with Gasteiger partial charge in [0.15, 0.2) is 0 Å². The van der Waals surface area contributed by atoms with Gasteiger partial charge in [-0.2, -0.15) is 0 Å². The minimum atomic E-state index is -3.46. The molecule has 2 N–H and O–H groups in total. The molecule has 2 rings (SSSR count). The van der Waals surface area contributed by atoms with Crippen LogP contribution in [0, 0.1) is 5.92 Å². The average Bonchev–Trinajstić information content (AvgIpc) is 2.93. The maximum atomic E-state index is 11.9. The smallest absolute Gasteiger partial charge is 0.274 e. The maximum Gasteiger partial charge on any atom is 0.274 e. The van der Waals surface area contributed by atoms with Crippen LogP contribution in [0.4, 0.5) is 0 Å². The molecule has 102 valence electrons. The van der Waals surface area contributed by atoms with E-state index < -0.39 is 10.0 Å². The molecule has 1 aliphatic carbocycles. The fourth-order valence-electron chi connectivity index (χ4n) is 1.56. The van der Waals surface area contributed by atoms with Gasteiger partial charge in [-0.1, -0.05) is 13.8 Å². The van der Waals surface area contributed by atoms with Gasteiger partial charge in [0.25, 0.3) is 10.0 Å². The third-order valence-corrected chi connectivity index (χ3v) is 4.05. The quantitative estimate of drug-likeness (QED) is 0.788. The zero-order chi connectivity index (χ0) is 13.2. The van der Waals surface area contributed by atoms with Crippen molar-refractivity contribution in [2.75, 3.05) is 6.54 Å². The molecule has 1 saturated carbocycles. The van der Waals surface area contributed by atoms with Crippen molar-refractivity contribution in [3.63, 3.8) is 0 Å². The van der Waals surface area contributed by atoms with Crippen LogP contribution in [0.2, 0.25) is 0 Å². The van der Waals surface area contributed by atoms with E-state index in [2.05, 4.69) is 23.9 Å². The molecular weight excluding hydrogens is 252 g/mol. The minimum Gasteiger partial charge on any atom is -0.447 e. The topological polar surface area (TPSA) is 71.3 Å². The van der Waals surface area contributed by atoms with Crippen LogP contribution in [0.1, 0.15) is 32.4 Å². The molecule has 1 heterocycles. The van der Waals surface area contributed by atoms with E-state index >= 15 is 0 Å². The van der Waals surface area contributed by atoms with Crippen molar-refractivity contribution in [2.24, 2.45) is 5.92 Å². The maximum absolute atomic E-state index is 11.9. The highest BCUT2D eigenvalue weighted by atomic mass is 32.2. The molecule has 0 radical (unpaired) electrons. The lowest BCUT2D eigenvalue weighted by Crippen LogP contribution is -2.25. The van der Waals surface area contributed by atoms with E-state index in [1.165, 1.54) is 6.07 Å². The van der Waals surface area contributed by atoms with Crippen LogP contribution in [-0.4, -0.2) is 21.0 Å². The third kappa shape index (κ3) is 3.83. The third-order valence-electron chi connectivity index (χ3n) is 2.65. The highest BCUT2D eigenvalue weighted by Gasteiger charge is 2.29. The van der Waals surface area contributed by atoms with Crippen LogP contribution in [-0.2, 0) is 16.6 Å². The molecule has 1 aromatic heterocycles. The Kier molecular flexibility index (Phi) is 4.09. The molecule has 0 spiro atoms. The van der Waals surface area contributed by atoms with Crippen molar-refractivity contribution in [2.45, 2.75) is 44.4 Å². The molecule has 1 aromatic rings. The van der Waals surface area contributed by atoms with Crippen LogP contribution >= 0.6 is 0 Å². The second-order valence-electron chi connectivity index (χ2n) is 5.14. The van der Waals surface area contributed by atoms with Crippen molar-refractivity contribution in [3.8, 4) is 0 Å². The largest absolute Gasteiger partial charge is 0.447 e. The van der Waals surface area contributed by atoms with E-state index in [4.69, 9.17) is 4.42 Å². The number of rotatable bonds is 7. The van der Waals surface area contributed by atoms with Gasteiger partial charge in [-0.25, -0.2) is 13.1 Å². The number of sulfonamides is 1. The van der Waals surface area contributed by atoms with Gasteiger partial charge in [0.1, 0.15) is 5.76 Å². The number of hydrogen-bond acceptors (Lipinski definition) is 4. The molecule has 0 aliphatic heterocycles. The Morgan fingerprint density at radius 3 is 2.72 bits per heavy atom. The molecule has 0 amide bonds. The molecule has 5 nitrogen and oxygen atoms in total. The van der Waals surface area contributed by atoms with Gasteiger partial charge < -0.3 is 9.73 Å². The molecule has 18 heavy (non-hydrogen) atoms. The van der Waals surface area contributed by atoms with Crippen LogP contribution in [0.5, 0.6) is 0 Å². The SMILES string of the molecule is CC(C)CNCc1ccc(S(=O)(=O)NC2CC2)o1. The lowest BCUT2D eigenvalue weighted by Gasteiger charge is -2.05. The molecular formula is C12H20N2O3S. The number of nitrogens with one attached hydrogen (secondary N) is 2. The highest BCUT2D eigenvalue weighted by Crippen LogP contribution is 2.23. The van der Waals surface area contributed by atoms with Gasteiger partial charge in [0.2, 0.25) is 5.09 Å². The molecule has 0 bridgehead atoms. The fourth-order valence-corrected chi connectivity index (χ4v) is 2.82. The summed E-state index contributed by atoms with van der Waals surface area (Å²) in [5.41, 5.74) is 0. The van der Waals surface area contributed by atoms with E-state index in [0.29, 0.717) is 18.2 Å². The Morgan fingerprint density at radius 1 is 1.39 bits per heavy atom. The van der Waals surface area contributed by atoms with Gasteiger partial charge in [-0.3, -0.25) is 0 Å². The van der Waals surface area contributed by atoms with Crippen molar-refractivity contribution < 1.29 is 12.8 Å². The van der Waals surface area contributed by atoms with Gasteiger partial charge in [-0.15, -0.1) is 0 Å². The predicted octanol–water partition coefficient (Wildman–Crippen LogP) is 1.47. The first-order valence-corrected chi connectivity index (χ1v) is 7.77. The van der Waals surface area contributed by atoms with Crippen molar-refractivity contribution >= 4 is 10.0 Å². The Bertz CT molecular complexity index is 489. The summed E-state index contributed by atoms with van der Waals surface area (Å²) in [4.78, 5) is 0. The normalized spacial score (nSPS) is 16.4. The zero-order valence-corrected chi connectivity index (χ0v) is 11.6. The first-order chi connectivity index (χ1) is 8.47. The summed E-state index contributed by atoms with van der Waals surface area (Å²) < 4.78 is 31.6. The number of hydrogen-bond donors (Lipinski definition) is 2. The fraction of sp³-hybridized carbons (Fsp3) is 0.667. The van der Waals surface area contributed by atoms with Crippen molar-refractivity contribution in [3.05, 3.63) is 17.9 Å². The molecule has 1 fully saturated rings. The van der Waals surface area contributed by atoms with Gasteiger partial charge in [0.05, 0.1) is 6.54 Å². The summed E-state index contributed by atoms with van der Waals surface area (Å²) >= 11 is 0. The van der Waals surface area contributed by atoms with Gasteiger partial charge in [-0.05, 0) is 37.4 Å². The van der Waals surface area contributed by atoms with E-state index in [1.54, 1.807) is 6.07 Å². The summed E-state index contributed by atoms with van der Waals surface area (Å²) in [6.45, 7) is 5.66. The Labute approximate surface area is 108 Å². The second-order valence-corrected chi connectivity index (χ2v) is 6.79. The lowest BCUT2D eigenvalue weighted by atomic mass is 10.2. The molecule has 0 aromatic carbocycles. The van der Waals surface area contributed by atoms with E-state index in [-0.39, 0.29) is 11.1 Å². The average molecular weight is 272 g/mol. The van der Waals surface area contributed by atoms with E-state index in [9.17, 15) is 8.42 Å². The zero-order valence-electron chi connectivity index (χ0n) is 10.8. The first kappa shape index (κ1) is 13.6. The van der Waals surface area contributed by atoms with Crippen LogP contribution in [0.15, 0.2) is 21.6 Å². The van der Waals surface area contributed by atoms with Gasteiger partial charge in [0, 0.05) is 6.04 Å². The van der Waals surface area contributed by atoms with Crippen molar-refractivity contribution in [1.29, 1.82) is 0 Å². The molecule has 1 aliphatic rings. The predicted molar refractivity (Wildman–Crippen MR) is 68.6 cm³/mol. The standard InChI is InChI=1S/C12H20N2O3S/c1-9(2)7-13-8-11-5-6-12(17-11)18(15,16)14-10-3-4-10/h5-6,9-10,13-14H,3-4,7-8H2,1-2H3. The summed E-state index contributed by atoms with van der Waals surface area (Å²) in [5, 5.41) is 3.22. The first-order valence-electron chi connectivity index (χ1n) is 6.29. The highest BCUT2D eigenvalue weighted by molar-refractivity contribution is 7.89. The van der Waals surface area contributed by atoms with Crippen molar-refractivity contribution in [1.82, 2.24) is 10.0 Å². The molecule has 0 saturated heterocycles. The number of furan rings is 1. The molecule has 0 atom stereocenters. The van der Waals surface area contributed by atoms with E-state index in [1.807, 2.05) is 0 Å². The van der Waals surface area contributed by atoms with Gasteiger partial charge >= 0.3 is 0 Å². The Morgan fingerprint density at radius 2 is 2.11 bits per heavy atom. The molecule has 6 heteroatoms. The van der Waals surface area contributed by atoms with Crippen LogP contribution < -0.4 is 10.0 Å². The van der Waals surface area contributed by atoms with Crippen LogP contribution in [0.25, 0.3) is 0 Å². The van der Waals surface area contributed by atoms with E-state index in [0.717, 1.165) is 19.4 Å². The monoisotopic (exact) mass is 272 g/mol. The Balaban J connectivity index is 1.92. The second kappa shape index (κ2) is 5.42.